The summed E-state index contributed by atoms with van der Waals surface area (Å²) in [6, 6.07) is 5.45. The quantitative estimate of drug-likeness (QED) is 0.557. The van der Waals surface area contributed by atoms with Crippen molar-refractivity contribution < 1.29 is 9.53 Å². The van der Waals surface area contributed by atoms with Crippen LogP contribution in [0.5, 0.6) is 5.75 Å². The lowest BCUT2D eigenvalue weighted by atomic mass is 9.96. The predicted octanol–water partition coefficient (Wildman–Crippen LogP) is 4.48. The lowest BCUT2D eigenvalue weighted by Crippen LogP contribution is -2.45. The van der Waals surface area contributed by atoms with Crippen molar-refractivity contribution in [1.29, 1.82) is 0 Å². The number of ether oxygens (including phenoxy) is 1. The first-order chi connectivity index (χ1) is 11.5. The first-order valence-electron chi connectivity index (χ1n) is 8.23. The van der Waals surface area contributed by atoms with Gasteiger partial charge in [-0.1, -0.05) is 42.5 Å². The van der Waals surface area contributed by atoms with E-state index in [9.17, 15) is 4.79 Å². The van der Waals surface area contributed by atoms with Crippen LogP contribution in [0.2, 0.25) is 10.0 Å². The molecule has 1 aromatic rings. The predicted molar refractivity (Wildman–Crippen MR) is 102 cm³/mol. The van der Waals surface area contributed by atoms with E-state index < -0.39 is 0 Å². The topological polar surface area (TPSA) is 50.4 Å². The van der Waals surface area contributed by atoms with E-state index in [0.29, 0.717) is 46.4 Å². The molecule has 4 nitrogen and oxygen atoms in total. The number of halogens is 2. The van der Waals surface area contributed by atoms with Crippen LogP contribution in [0.1, 0.15) is 44.9 Å². The molecule has 7 heteroatoms. The van der Waals surface area contributed by atoms with Crippen molar-refractivity contribution in [3.8, 4) is 5.75 Å². The summed E-state index contributed by atoms with van der Waals surface area (Å²) in [5.41, 5.74) is 0. The van der Waals surface area contributed by atoms with Crippen molar-refractivity contribution in [1.82, 2.24) is 10.6 Å². The third-order valence-electron chi connectivity index (χ3n) is 3.89. The number of rotatable bonds is 6. The Balaban J connectivity index is 1.61. The molecule has 0 radical (unpaired) electrons. The van der Waals surface area contributed by atoms with Crippen LogP contribution in [0.3, 0.4) is 0 Å². The Labute approximate surface area is 158 Å². The summed E-state index contributed by atoms with van der Waals surface area (Å²) in [6.45, 7) is 0.400. The molecule has 1 aliphatic rings. The molecule has 0 atom stereocenters. The standard InChI is InChI=1S/C17H22Cl2N2O2S/c18-12-8-9-15(14(19)11-12)23-10-4-7-16(22)21-17(24)20-13-5-2-1-3-6-13/h8-9,11,13H,1-7,10H2,(H2,20,21,22,24). The van der Waals surface area contributed by atoms with E-state index in [0.717, 1.165) is 12.8 Å². The summed E-state index contributed by atoms with van der Waals surface area (Å²) in [4.78, 5) is 11.9. The van der Waals surface area contributed by atoms with Gasteiger partial charge in [-0.3, -0.25) is 4.79 Å². The maximum absolute atomic E-state index is 11.9. The molecule has 2 N–H and O–H groups in total. The van der Waals surface area contributed by atoms with E-state index in [1.807, 2.05) is 0 Å². The fourth-order valence-electron chi connectivity index (χ4n) is 2.66. The van der Waals surface area contributed by atoms with Crippen LogP contribution in [0, 0.1) is 0 Å². The molecular weight excluding hydrogens is 367 g/mol. The Morgan fingerprint density at radius 1 is 1.25 bits per heavy atom. The monoisotopic (exact) mass is 388 g/mol. The zero-order chi connectivity index (χ0) is 17.4. The van der Waals surface area contributed by atoms with Crippen molar-refractivity contribution in [2.45, 2.75) is 51.0 Å². The van der Waals surface area contributed by atoms with Crippen molar-refractivity contribution in [2.75, 3.05) is 6.61 Å². The highest BCUT2D eigenvalue weighted by Gasteiger charge is 2.15. The van der Waals surface area contributed by atoms with Crippen LogP contribution in [0.15, 0.2) is 18.2 Å². The smallest absolute Gasteiger partial charge is 0.226 e. The van der Waals surface area contributed by atoms with Gasteiger partial charge < -0.3 is 15.4 Å². The van der Waals surface area contributed by atoms with Gasteiger partial charge in [-0.15, -0.1) is 0 Å². The van der Waals surface area contributed by atoms with E-state index in [4.69, 9.17) is 40.2 Å². The first-order valence-corrected chi connectivity index (χ1v) is 9.39. The second kappa shape index (κ2) is 10.1. The zero-order valence-corrected chi connectivity index (χ0v) is 15.8. The summed E-state index contributed by atoms with van der Waals surface area (Å²) in [7, 11) is 0. The minimum absolute atomic E-state index is 0.103. The molecule has 1 aromatic carbocycles. The molecule has 0 bridgehead atoms. The molecule has 0 unspecified atom stereocenters. The lowest BCUT2D eigenvalue weighted by molar-refractivity contribution is -0.119. The van der Waals surface area contributed by atoms with Crippen molar-refractivity contribution in [3.63, 3.8) is 0 Å². The number of hydrogen-bond donors (Lipinski definition) is 2. The number of thiocarbonyl (C=S) groups is 1. The van der Waals surface area contributed by atoms with E-state index in [1.54, 1.807) is 18.2 Å². The van der Waals surface area contributed by atoms with Gasteiger partial charge in [-0.05, 0) is 49.7 Å². The SMILES string of the molecule is O=C(CCCOc1ccc(Cl)cc1Cl)NC(=S)NC1CCCCC1. The molecular formula is C17H22Cl2N2O2S. The summed E-state index contributed by atoms with van der Waals surface area (Å²) in [5.74, 6) is 0.463. The third kappa shape index (κ3) is 6.83. The molecule has 0 saturated heterocycles. The van der Waals surface area contributed by atoms with E-state index in [2.05, 4.69) is 10.6 Å². The normalized spacial score (nSPS) is 14.9. The number of hydrogen-bond acceptors (Lipinski definition) is 3. The summed E-state index contributed by atoms with van der Waals surface area (Å²) in [5, 5.41) is 7.39. The fraction of sp³-hybridized carbons (Fsp3) is 0.529. The highest BCUT2D eigenvalue weighted by molar-refractivity contribution is 7.80. The molecule has 1 amide bonds. The van der Waals surface area contributed by atoms with Gasteiger partial charge in [0, 0.05) is 17.5 Å². The van der Waals surface area contributed by atoms with Gasteiger partial charge in [0.15, 0.2) is 5.11 Å². The van der Waals surface area contributed by atoms with Gasteiger partial charge in [0.1, 0.15) is 5.75 Å². The fourth-order valence-corrected chi connectivity index (χ4v) is 3.41. The van der Waals surface area contributed by atoms with Crippen molar-refractivity contribution in [2.24, 2.45) is 0 Å². The van der Waals surface area contributed by atoms with Crippen LogP contribution >= 0.6 is 35.4 Å². The average molecular weight is 389 g/mol. The van der Waals surface area contributed by atoms with Crippen molar-refractivity contribution in [3.05, 3.63) is 28.2 Å². The van der Waals surface area contributed by atoms with Gasteiger partial charge >= 0.3 is 0 Å². The highest BCUT2D eigenvalue weighted by atomic mass is 35.5. The molecule has 1 fully saturated rings. The minimum Gasteiger partial charge on any atom is -0.492 e. The van der Waals surface area contributed by atoms with Gasteiger partial charge in [-0.2, -0.15) is 0 Å². The van der Waals surface area contributed by atoms with Crippen molar-refractivity contribution >= 4 is 46.4 Å². The Hall–Kier alpha value is -1.04. The second-order valence-electron chi connectivity index (χ2n) is 5.88. The van der Waals surface area contributed by atoms with Crippen LogP contribution in [0.25, 0.3) is 0 Å². The van der Waals surface area contributed by atoms with Crippen LogP contribution in [0.4, 0.5) is 0 Å². The third-order valence-corrected chi connectivity index (χ3v) is 4.64. The largest absolute Gasteiger partial charge is 0.492 e. The molecule has 0 aliphatic heterocycles. The Bertz CT molecular complexity index is 578. The Morgan fingerprint density at radius 2 is 2.00 bits per heavy atom. The summed E-state index contributed by atoms with van der Waals surface area (Å²) < 4.78 is 5.55. The number of amides is 1. The molecule has 0 aromatic heterocycles. The molecule has 0 spiro atoms. The van der Waals surface area contributed by atoms with Crippen LogP contribution < -0.4 is 15.4 Å². The molecule has 1 aliphatic carbocycles. The van der Waals surface area contributed by atoms with Gasteiger partial charge in [0.2, 0.25) is 5.91 Å². The van der Waals surface area contributed by atoms with Crippen LogP contribution in [-0.2, 0) is 4.79 Å². The number of nitrogens with one attached hydrogen (secondary N) is 2. The van der Waals surface area contributed by atoms with Gasteiger partial charge in [-0.25, -0.2) is 0 Å². The number of carbonyl (C=O) groups excluding carboxylic acids is 1. The van der Waals surface area contributed by atoms with Gasteiger partial charge in [0.05, 0.1) is 11.6 Å². The molecule has 0 heterocycles. The van der Waals surface area contributed by atoms with Crippen LogP contribution in [-0.4, -0.2) is 23.7 Å². The first kappa shape index (κ1) is 19.3. The van der Waals surface area contributed by atoms with E-state index in [-0.39, 0.29) is 5.91 Å². The zero-order valence-electron chi connectivity index (χ0n) is 13.4. The second-order valence-corrected chi connectivity index (χ2v) is 7.14. The Morgan fingerprint density at radius 3 is 2.71 bits per heavy atom. The lowest BCUT2D eigenvalue weighted by Gasteiger charge is -2.24. The maximum Gasteiger partial charge on any atom is 0.226 e. The molecule has 1 saturated carbocycles. The summed E-state index contributed by atoms with van der Waals surface area (Å²) >= 11 is 17.0. The van der Waals surface area contributed by atoms with Gasteiger partial charge in [0.25, 0.3) is 0 Å². The average Bonchev–Trinajstić information content (AvgIpc) is 2.54. The Kier molecular flexibility index (Phi) is 8.09. The molecule has 24 heavy (non-hydrogen) atoms. The molecule has 132 valence electrons. The summed E-state index contributed by atoms with van der Waals surface area (Å²) in [6.07, 6.45) is 6.89. The highest BCUT2D eigenvalue weighted by Crippen LogP contribution is 2.27. The minimum atomic E-state index is -0.103. The van der Waals surface area contributed by atoms with E-state index in [1.165, 1.54) is 19.3 Å². The number of benzene rings is 1. The number of carbonyl (C=O) groups is 1. The molecule has 2 rings (SSSR count). The maximum atomic E-state index is 11.9. The van der Waals surface area contributed by atoms with E-state index >= 15 is 0 Å².